The van der Waals surface area contributed by atoms with E-state index in [-0.39, 0.29) is 28.5 Å². The number of para-hydroxylation sites is 1. The molecule has 1 fully saturated rings. The fourth-order valence-corrected chi connectivity index (χ4v) is 14.6. The maximum Gasteiger partial charge on any atom is 0.252 e. The van der Waals surface area contributed by atoms with Crippen molar-refractivity contribution < 1.29 is 4.42 Å². The monoisotopic (exact) mass is 889 g/mol. The van der Waals surface area contributed by atoms with Gasteiger partial charge in [-0.25, -0.2) is 0 Å². The van der Waals surface area contributed by atoms with Crippen molar-refractivity contribution in [1.82, 2.24) is 4.57 Å². The quantitative estimate of drug-likeness (QED) is 0.162. The lowest BCUT2D eigenvalue weighted by atomic mass is 9.33. The zero-order valence-electron chi connectivity index (χ0n) is 40.2. The Kier molecular flexibility index (Phi) is 7.77. The van der Waals surface area contributed by atoms with Crippen LogP contribution < -0.4 is 26.2 Å². The minimum atomic E-state index is -0.0845. The molecule has 0 saturated heterocycles. The number of nitrogens with zero attached hydrogens (tertiary/aromatic N) is 3. The molecule has 0 N–H and O–H groups in total. The van der Waals surface area contributed by atoms with Gasteiger partial charge < -0.3 is 18.8 Å². The third-order valence-corrected chi connectivity index (χ3v) is 18.2. The molecule has 1 aliphatic carbocycles. The predicted molar refractivity (Wildman–Crippen MR) is 288 cm³/mol. The fourth-order valence-electron chi connectivity index (χ4n) is 13.5. The summed E-state index contributed by atoms with van der Waals surface area (Å²) in [4.78, 5) is 5.46. The molecule has 67 heavy (non-hydrogen) atoms. The van der Waals surface area contributed by atoms with Gasteiger partial charge in [-0.2, -0.15) is 0 Å². The van der Waals surface area contributed by atoms with Gasteiger partial charge in [0.1, 0.15) is 11.1 Å². The lowest BCUT2D eigenvalue weighted by molar-refractivity contribution is 0.195. The Balaban J connectivity index is 1.11. The Hall–Kier alpha value is -6.24. The van der Waals surface area contributed by atoms with Gasteiger partial charge in [-0.1, -0.05) is 122 Å². The molecule has 6 heteroatoms. The van der Waals surface area contributed by atoms with E-state index in [2.05, 4.69) is 204 Å². The summed E-state index contributed by atoms with van der Waals surface area (Å²) in [7, 11) is 0. The van der Waals surface area contributed by atoms with Crippen molar-refractivity contribution >= 4 is 116 Å². The van der Waals surface area contributed by atoms with Crippen LogP contribution in [0.5, 0.6) is 0 Å². The molecule has 4 nitrogen and oxygen atoms in total. The Morgan fingerprint density at radius 3 is 2.16 bits per heavy atom. The Labute approximate surface area is 397 Å². The van der Waals surface area contributed by atoms with Crippen LogP contribution in [0.4, 0.5) is 28.4 Å². The highest BCUT2D eigenvalue weighted by atomic mass is 32.1. The van der Waals surface area contributed by atoms with E-state index in [1.54, 1.807) is 0 Å². The van der Waals surface area contributed by atoms with Crippen molar-refractivity contribution in [2.24, 2.45) is 0 Å². The van der Waals surface area contributed by atoms with Crippen LogP contribution in [-0.2, 0) is 16.2 Å². The van der Waals surface area contributed by atoms with Gasteiger partial charge in [-0.15, -0.1) is 11.3 Å². The average molecular weight is 890 g/mol. The number of fused-ring (bicyclic) bond motifs is 15. The second-order valence-electron chi connectivity index (χ2n) is 22.9. The Morgan fingerprint density at radius 2 is 1.34 bits per heavy atom. The van der Waals surface area contributed by atoms with Crippen LogP contribution in [0.1, 0.15) is 103 Å². The smallest absolute Gasteiger partial charge is 0.252 e. The van der Waals surface area contributed by atoms with Gasteiger partial charge in [0.05, 0.1) is 16.7 Å². The van der Waals surface area contributed by atoms with Crippen molar-refractivity contribution in [1.29, 1.82) is 0 Å². The first-order valence-corrected chi connectivity index (χ1v) is 25.4. The molecule has 2 unspecified atom stereocenters. The summed E-state index contributed by atoms with van der Waals surface area (Å²) in [5, 5.41) is 4.98. The molecule has 10 aromatic rings. The van der Waals surface area contributed by atoms with Crippen LogP contribution in [-0.4, -0.2) is 16.8 Å². The van der Waals surface area contributed by atoms with Crippen LogP contribution in [0.3, 0.4) is 0 Å². The second-order valence-corrected chi connectivity index (χ2v) is 24.0. The molecule has 330 valence electrons. The van der Waals surface area contributed by atoms with Crippen LogP contribution in [0, 0.1) is 6.92 Å². The Bertz CT molecular complexity index is 3820. The molecule has 2 atom stereocenters. The number of thiophene rings is 1. The number of hydrogen-bond donors (Lipinski definition) is 0. The first-order chi connectivity index (χ1) is 32.1. The zero-order chi connectivity index (χ0) is 45.7. The van der Waals surface area contributed by atoms with Crippen molar-refractivity contribution in [2.45, 2.75) is 110 Å². The zero-order valence-corrected chi connectivity index (χ0v) is 41.0. The third-order valence-electron chi connectivity index (χ3n) is 17.0. The first kappa shape index (κ1) is 39.9. The summed E-state index contributed by atoms with van der Waals surface area (Å²) in [5.41, 5.74) is 21.5. The standard InChI is InChI=1S/C61H56BN3OS/c1-35-29-48-54-49(30-35)64-55-41(57-56(64)39-17-10-12-20-50(39)66-57)31-37(59(5,6)7)33-44(55)62(54)43-25-24-38(34-47(43)63(48)46-19-16-22-52-53(46)40-18-11-13-21-51(40)67-52)65-45-26-23-36(58(2,3)4)32-42(45)60(8)27-14-15-28-61(60,65)9/h10-13,16-26,29-34H,14-15,27-28H2,1-9H3. The van der Waals surface area contributed by atoms with E-state index in [9.17, 15) is 0 Å². The van der Waals surface area contributed by atoms with Crippen molar-refractivity contribution in [2.75, 3.05) is 9.80 Å². The lowest BCUT2D eigenvalue weighted by Gasteiger charge is -2.50. The molecule has 1 saturated carbocycles. The molecule has 3 aliphatic heterocycles. The SMILES string of the molecule is Cc1cc2c3c(c1)-n1c4c(cc(C(C)(C)C)cc4c4oc5ccccc5c41)B3c1ccc(N3c4ccc(C(C)(C)C)cc4C4(C)CCCCC34C)cc1N2c1cccc2sc3ccccc3c12. The van der Waals surface area contributed by atoms with Gasteiger partial charge in [0.15, 0.2) is 5.58 Å². The molecule has 3 aromatic heterocycles. The molecule has 0 spiro atoms. The highest BCUT2D eigenvalue weighted by Crippen LogP contribution is 2.62. The number of aromatic nitrogens is 1. The van der Waals surface area contributed by atoms with E-state index in [4.69, 9.17) is 4.42 Å². The van der Waals surface area contributed by atoms with E-state index in [0.29, 0.717) is 0 Å². The third kappa shape index (κ3) is 5.10. The summed E-state index contributed by atoms with van der Waals surface area (Å²) in [6, 6.07) is 49.6. The summed E-state index contributed by atoms with van der Waals surface area (Å²) in [6.07, 6.45) is 4.85. The number of furan rings is 1. The first-order valence-electron chi connectivity index (χ1n) is 24.6. The fraction of sp³-hybridized carbons (Fsp3) is 0.279. The van der Waals surface area contributed by atoms with Gasteiger partial charge in [-0.05, 0) is 143 Å². The molecular weight excluding hydrogens is 834 g/mol. The largest absolute Gasteiger partial charge is 0.454 e. The van der Waals surface area contributed by atoms with E-state index in [1.165, 1.54) is 123 Å². The van der Waals surface area contributed by atoms with Gasteiger partial charge >= 0.3 is 0 Å². The van der Waals surface area contributed by atoms with E-state index < -0.39 is 0 Å². The predicted octanol–water partition coefficient (Wildman–Crippen LogP) is 15.2. The van der Waals surface area contributed by atoms with Gasteiger partial charge in [0.25, 0.3) is 6.71 Å². The summed E-state index contributed by atoms with van der Waals surface area (Å²) >= 11 is 1.90. The number of hydrogen-bond acceptors (Lipinski definition) is 4. The average Bonchev–Trinajstić information content (AvgIpc) is 4.02. The highest BCUT2D eigenvalue weighted by Gasteiger charge is 2.58. The van der Waals surface area contributed by atoms with E-state index >= 15 is 0 Å². The Morgan fingerprint density at radius 1 is 0.597 bits per heavy atom. The summed E-state index contributed by atoms with van der Waals surface area (Å²) < 4.78 is 12.2. The topological polar surface area (TPSA) is 24.6 Å². The lowest BCUT2D eigenvalue weighted by Crippen LogP contribution is -2.60. The van der Waals surface area contributed by atoms with Crippen LogP contribution in [0.15, 0.2) is 132 Å². The van der Waals surface area contributed by atoms with Gasteiger partial charge in [0, 0.05) is 64.8 Å². The number of aryl methyl sites for hydroxylation is 1. The summed E-state index contributed by atoms with van der Waals surface area (Å²) in [6.45, 7) is 21.6. The second kappa shape index (κ2) is 13.0. The molecule has 14 rings (SSSR count). The van der Waals surface area contributed by atoms with Gasteiger partial charge in [0.2, 0.25) is 0 Å². The molecule has 0 amide bonds. The van der Waals surface area contributed by atoms with Gasteiger partial charge in [-0.3, -0.25) is 0 Å². The molecular formula is C61H56BN3OS. The minimum absolute atomic E-state index is 0.00244. The summed E-state index contributed by atoms with van der Waals surface area (Å²) in [5.74, 6) is 0. The van der Waals surface area contributed by atoms with Crippen molar-refractivity contribution in [3.8, 4) is 5.69 Å². The normalized spacial score (nSPS) is 19.8. The van der Waals surface area contributed by atoms with Crippen molar-refractivity contribution in [3.63, 3.8) is 0 Å². The van der Waals surface area contributed by atoms with Crippen molar-refractivity contribution in [3.05, 3.63) is 150 Å². The van der Waals surface area contributed by atoms with E-state index in [0.717, 1.165) is 28.5 Å². The molecule has 0 bridgehead atoms. The van der Waals surface area contributed by atoms with Crippen LogP contribution in [0.2, 0.25) is 0 Å². The van der Waals surface area contributed by atoms with E-state index in [1.807, 2.05) is 11.3 Å². The number of rotatable bonds is 2. The number of anilines is 5. The minimum Gasteiger partial charge on any atom is -0.454 e. The molecule has 7 aromatic carbocycles. The molecule has 4 aliphatic rings. The maximum absolute atomic E-state index is 6.95. The molecule has 6 heterocycles. The molecule has 0 radical (unpaired) electrons. The van der Waals surface area contributed by atoms with Crippen LogP contribution >= 0.6 is 11.3 Å². The highest BCUT2D eigenvalue weighted by molar-refractivity contribution is 7.26. The maximum atomic E-state index is 6.95. The number of benzene rings is 7. The van der Waals surface area contributed by atoms with Crippen LogP contribution in [0.25, 0.3) is 58.8 Å².